The molecule has 2 heterocycles. The predicted octanol–water partition coefficient (Wildman–Crippen LogP) is 0.0348. The van der Waals surface area contributed by atoms with Gasteiger partial charge in [-0.3, -0.25) is 5.10 Å². The van der Waals surface area contributed by atoms with Crippen molar-refractivity contribution in [3.8, 4) is 0 Å². The van der Waals surface area contributed by atoms with Gasteiger partial charge in [-0.05, 0) is 6.92 Å². The number of aliphatic carboxylic acids is 1. The maximum absolute atomic E-state index is 11.9. The normalized spacial score (nSPS) is 20.7. The summed E-state index contributed by atoms with van der Waals surface area (Å²) in [6, 6.07) is -1.52. The first kappa shape index (κ1) is 12.7. The monoisotopic (exact) mass is 271 g/mol. The third-order valence-corrected chi connectivity index (χ3v) is 3.62. The summed E-state index contributed by atoms with van der Waals surface area (Å²) in [6.07, 6.45) is 1.35. The van der Waals surface area contributed by atoms with E-state index in [9.17, 15) is 9.59 Å². The van der Waals surface area contributed by atoms with Crippen LogP contribution in [0.2, 0.25) is 0 Å². The lowest BCUT2D eigenvalue weighted by atomic mass is 10.3. The Balaban J connectivity index is 1.97. The highest BCUT2D eigenvalue weighted by Crippen LogP contribution is 2.21. The van der Waals surface area contributed by atoms with Crippen LogP contribution in [0.25, 0.3) is 0 Å². The number of amides is 2. The molecule has 18 heavy (non-hydrogen) atoms. The number of H-pyrrole nitrogens is 1. The van der Waals surface area contributed by atoms with Crippen LogP contribution in [0.15, 0.2) is 6.33 Å². The number of nitrogens with zero attached hydrogens (tertiary/aromatic N) is 3. The molecule has 9 heteroatoms. The molecule has 1 aliphatic rings. The molecule has 1 aliphatic heterocycles. The Morgan fingerprint density at radius 2 is 2.50 bits per heavy atom. The number of nitrogens with one attached hydrogen (secondary N) is 2. The minimum absolute atomic E-state index is 0.347. The molecule has 1 aromatic rings. The fraction of sp³-hybridized carbons (Fsp3) is 0.556. The van der Waals surface area contributed by atoms with E-state index in [1.165, 1.54) is 23.0 Å². The second-order valence-corrected chi connectivity index (χ2v) is 4.87. The molecule has 0 aromatic carbocycles. The lowest BCUT2D eigenvalue weighted by Gasteiger charge is -2.22. The molecule has 1 fully saturated rings. The maximum Gasteiger partial charge on any atom is 0.327 e. The van der Waals surface area contributed by atoms with Crippen molar-refractivity contribution in [2.45, 2.75) is 19.0 Å². The number of hydrogen-bond acceptors (Lipinski definition) is 5. The molecule has 0 radical (unpaired) electrons. The first-order valence-electron chi connectivity index (χ1n) is 5.32. The summed E-state index contributed by atoms with van der Waals surface area (Å²) in [5, 5.41) is 18.0. The number of carbonyl (C=O) groups excluding carboxylic acids is 1. The van der Waals surface area contributed by atoms with Gasteiger partial charge in [0, 0.05) is 5.75 Å². The zero-order valence-electron chi connectivity index (χ0n) is 9.66. The number of urea groups is 1. The fourth-order valence-corrected chi connectivity index (χ4v) is 2.75. The van der Waals surface area contributed by atoms with Crippen molar-refractivity contribution >= 4 is 23.8 Å². The van der Waals surface area contributed by atoms with E-state index >= 15 is 0 Å². The Bertz CT molecular complexity index is 437. The van der Waals surface area contributed by atoms with Crippen LogP contribution in [0.4, 0.5) is 4.79 Å². The van der Waals surface area contributed by atoms with E-state index in [-0.39, 0.29) is 6.04 Å². The number of carbonyl (C=O) groups is 2. The SMILES string of the molecule is CC(NC(=O)N1CSCC1C(=O)O)c1ncn[nH]1. The van der Waals surface area contributed by atoms with Crippen LogP contribution in [-0.4, -0.2) is 54.9 Å². The summed E-state index contributed by atoms with van der Waals surface area (Å²) in [4.78, 5) is 28.1. The number of thioether (sulfide) groups is 1. The van der Waals surface area contributed by atoms with Crippen LogP contribution < -0.4 is 5.32 Å². The highest BCUT2D eigenvalue weighted by molar-refractivity contribution is 7.99. The zero-order chi connectivity index (χ0) is 13.1. The predicted molar refractivity (Wildman–Crippen MR) is 63.9 cm³/mol. The molecule has 2 atom stereocenters. The Hall–Kier alpha value is -1.77. The quantitative estimate of drug-likeness (QED) is 0.715. The van der Waals surface area contributed by atoms with Crippen LogP contribution in [0.3, 0.4) is 0 Å². The van der Waals surface area contributed by atoms with Crippen molar-refractivity contribution < 1.29 is 14.7 Å². The second-order valence-electron chi connectivity index (χ2n) is 3.87. The van der Waals surface area contributed by atoms with Crippen LogP contribution >= 0.6 is 11.8 Å². The molecule has 3 N–H and O–H groups in total. The van der Waals surface area contributed by atoms with E-state index in [0.717, 1.165) is 0 Å². The Labute approximate surface area is 107 Å². The molecule has 1 aromatic heterocycles. The van der Waals surface area contributed by atoms with Crippen LogP contribution in [0, 0.1) is 0 Å². The van der Waals surface area contributed by atoms with Crippen molar-refractivity contribution in [3.63, 3.8) is 0 Å². The molecule has 1 saturated heterocycles. The van der Waals surface area contributed by atoms with E-state index in [4.69, 9.17) is 5.11 Å². The van der Waals surface area contributed by atoms with Crippen LogP contribution in [-0.2, 0) is 4.79 Å². The van der Waals surface area contributed by atoms with E-state index in [2.05, 4.69) is 20.5 Å². The average Bonchev–Trinajstić information content (AvgIpc) is 3.00. The van der Waals surface area contributed by atoms with E-state index in [0.29, 0.717) is 17.5 Å². The summed E-state index contributed by atoms with van der Waals surface area (Å²) in [5.74, 6) is 0.343. The Morgan fingerprint density at radius 3 is 3.11 bits per heavy atom. The highest BCUT2D eigenvalue weighted by atomic mass is 32.2. The molecule has 8 nitrogen and oxygen atoms in total. The molecule has 2 amide bonds. The standard InChI is InChI=1S/C9H13N5O3S/c1-5(7-10-3-11-13-7)12-9(17)14-4-18-2-6(14)8(15)16/h3,5-6H,2,4H2,1H3,(H,12,17)(H,15,16)(H,10,11,13). The van der Waals surface area contributed by atoms with Gasteiger partial charge in [-0.2, -0.15) is 5.10 Å². The van der Waals surface area contributed by atoms with E-state index < -0.39 is 18.0 Å². The average molecular weight is 271 g/mol. The van der Waals surface area contributed by atoms with Crippen LogP contribution in [0.1, 0.15) is 18.8 Å². The molecule has 0 bridgehead atoms. The fourth-order valence-electron chi connectivity index (χ4n) is 1.61. The van der Waals surface area contributed by atoms with Gasteiger partial charge in [-0.15, -0.1) is 11.8 Å². The summed E-state index contributed by atoms with van der Waals surface area (Å²) in [5.41, 5.74) is 0. The lowest BCUT2D eigenvalue weighted by molar-refractivity contribution is -0.140. The van der Waals surface area contributed by atoms with Crippen molar-refractivity contribution in [2.75, 3.05) is 11.6 Å². The molecule has 98 valence electrons. The summed E-state index contributed by atoms with van der Waals surface area (Å²) < 4.78 is 0. The maximum atomic E-state index is 11.9. The van der Waals surface area contributed by atoms with Gasteiger partial charge >= 0.3 is 12.0 Å². The summed E-state index contributed by atoms with van der Waals surface area (Å²) >= 11 is 1.42. The highest BCUT2D eigenvalue weighted by Gasteiger charge is 2.35. The van der Waals surface area contributed by atoms with Gasteiger partial charge in [0.25, 0.3) is 0 Å². The number of hydrogen-bond donors (Lipinski definition) is 3. The van der Waals surface area contributed by atoms with Crippen molar-refractivity contribution in [3.05, 3.63) is 12.2 Å². The molecule has 2 rings (SSSR count). The molecule has 0 saturated carbocycles. The smallest absolute Gasteiger partial charge is 0.327 e. The minimum atomic E-state index is -0.984. The molecule has 2 unspecified atom stereocenters. The van der Waals surface area contributed by atoms with Crippen LogP contribution in [0.5, 0.6) is 0 Å². The van der Waals surface area contributed by atoms with Crippen molar-refractivity contribution in [1.29, 1.82) is 0 Å². The van der Waals surface area contributed by atoms with E-state index in [1.807, 2.05) is 0 Å². The van der Waals surface area contributed by atoms with Gasteiger partial charge in [-0.1, -0.05) is 0 Å². The molecule has 0 aliphatic carbocycles. The van der Waals surface area contributed by atoms with Crippen molar-refractivity contribution in [2.24, 2.45) is 0 Å². The third kappa shape index (κ3) is 2.55. The van der Waals surface area contributed by atoms with E-state index in [1.54, 1.807) is 6.92 Å². The first-order valence-corrected chi connectivity index (χ1v) is 6.48. The number of carboxylic acids is 1. The Morgan fingerprint density at radius 1 is 1.72 bits per heavy atom. The van der Waals surface area contributed by atoms with Gasteiger partial charge in [-0.25, -0.2) is 14.6 Å². The molecule has 0 spiro atoms. The van der Waals surface area contributed by atoms with Crippen molar-refractivity contribution in [1.82, 2.24) is 25.4 Å². The second kappa shape index (κ2) is 5.25. The van der Waals surface area contributed by atoms with Gasteiger partial charge in [0.05, 0.1) is 11.9 Å². The molecular formula is C9H13N5O3S. The number of aromatic amines is 1. The first-order chi connectivity index (χ1) is 8.59. The zero-order valence-corrected chi connectivity index (χ0v) is 10.5. The van der Waals surface area contributed by atoms with Gasteiger partial charge in [0.2, 0.25) is 0 Å². The molecular weight excluding hydrogens is 258 g/mol. The number of aromatic nitrogens is 3. The minimum Gasteiger partial charge on any atom is -0.480 e. The lowest BCUT2D eigenvalue weighted by Crippen LogP contribution is -2.47. The van der Waals surface area contributed by atoms with Gasteiger partial charge in [0.15, 0.2) is 0 Å². The number of rotatable bonds is 3. The Kier molecular flexibility index (Phi) is 3.70. The largest absolute Gasteiger partial charge is 0.480 e. The topological polar surface area (TPSA) is 111 Å². The summed E-state index contributed by atoms with van der Waals surface area (Å²) in [7, 11) is 0. The summed E-state index contributed by atoms with van der Waals surface area (Å²) in [6.45, 7) is 1.75. The van der Waals surface area contributed by atoms with Gasteiger partial charge in [0.1, 0.15) is 18.2 Å². The number of carboxylic acid groups (broad SMARTS) is 1. The third-order valence-electron chi connectivity index (χ3n) is 2.61. The van der Waals surface area contributed by atoms with Gasteiger partial charge < -0.3 is 15.3 Å².